The predicted octanol–water partition coefficient (Wildman–Crippen LogP) is 4.17. The molecule has 27 heavy (non-hydrogen) atoms. The molecule has 0 saturated carbocycles. The minimum Gasteiger partial charge on any atom is -0.493 e. The second-order valence-electron chi connectivity index (χ2n) is 6.36. The van der Waals surface area contributed by atoms with Crippen molar-refractivity contribution in [3.8, 4) is 11.5 Å². The number of hydrogen-bond acceptors (Lipinski definition) is 3. The Morgan fingerprint density at radius 1 is 1.11 bits per heavy atom. The van der Waals surface area contributed by atoms with Gasteiger partial charge in [0.1, 0.15) is 0 Å². The number of rotatable bonds is 8. The summed E-state index contributed by atoms with van der Waals surface area (Å²) < 4.78 is 11.0. The molecule has 3 rings (SSSR count). The Bertz CT molecular complexity index is 917. The summed E-state index contributed by atoms with van der Waals surface area (Å²) >= 11 is 0. The molecule has 3 aromatic rings. The van der Waals surface area contributed by atoms with E-state index in [2.05, 4.69) is 4.98 Å². The third-order valence-corrected chi connectivity index (χ3v) is 4.65. The topological polar surface area (TPSA) is 54.6 Å². The fraction of sp³-hybridized carbons (Fsp3) is 0.318. The van der Waals surface area contributed by atoms with E-state index < -0.39 is 0 Å². The molecule has 0 saturated heterocycles. The van der Waals surface area contributed by atoms with Gasteiger partial charge in [0.15, 0.2) is 11.5 Å². The second kappa shape index (κ2) is 8.62. The number of aromatic nitrogens is 1. The number of fused-ring (bicyclic) bond motifs is 1. The third-order valence-electron chi connectivity index (χ3n) is 4.65. The van der Waals surface area contributed by atoms with Crippen molar-refractivity contribution in [2.45, 2.75) is 26.8 Å². The fourth-order valence-corrected chi connectivity index (χ4v) is 3.23. The minimum absolute atomic E-state index is 0.107. The number of hydrogen-bond donors (Lipinski definition) is 1. The van der Waals surface area contributed by atoms with Gasteiger partial charge in [-0.2, -0.15) is 0 Å². The Kier molecular flexibility index (Phi) is 6.01. The van der Waals surface area contributed by atoms with E-state index in [0.717, 1.165) is 27.8 Å². The van der Waals surface area contributed by atoms with Crippen LogP contribution in [0.4, 0.5) is 0 Å². The van der Waals surface area contributed by atoms with Crippen molar-refractivity contribution in [1.82, 2.24) is 9.88 Å². The van der Waals surface area contributed by atoms with Crippen LogP contribution in [0.5, 0.6) is 11.5 Å². The van der Waals surface area contributed by atoms with Gasteiger partial charge < -0.3 is 19.4 Å². The van der Waals surface area contributed by atoms with Gasteiger partial charge in [0.05, 0.1) is 20.1 Å². The van der Waals surface area contributed by atoms with E-state index in [9.17, 15) is 4.79 Å². The number of aromatic amines is 1. The van der Waals surface area contributed by atoms with Crippen LogP contribution in [0.2, 0.25) is 0 Å². The van der Waals surface area contributed by atoms with Crippen LogP contribution >= 0.6 is 0 Å². The van der Waals surface area contributed by atoms with Gasteiger partial charge in [0.25, 0.3) is 0 Å². The molecule has 2 aromatic carbocycles. The molecule has 0 aliphatic carbocycles. The van der Waals surface area contributed by atoms with Crippen LogP contribution < -0.4 is 9.47 Å². The van der Waals surface area contributed by atoms with Crippen LogP contribution in [0.3, 0.4) is 0 Å². The average molecular weight is 366 g/mol. The van der Waals surface area contributed by atoms with E-state index in [1.54, 1.807) is 7.11 Å². The molecule has 1 aromatic heterocycles. The molecule has 1 heterocycles. The van der Waals surface area contributed by atoms with E-state index in [1.807, 2.05) is 67.4 Å². The van der Waals surface area contributed by atoms with Gasteiger partial charge in [0, 0.05) is 30.2 Å². The number of ether oxygens (including phenoxy) is 2. The summed E-state index contributed by atoms with van der Waals surface area (Å²) in [5.74, 6) is 1.52. The summed E-state index contributed by atoms with van der Waals surface area (Å²) in [5, 5.41) is 1.10. The highest BCUT2D eigenvalue weighted by Crippen LogP contribution is 2.28. The van der Waals surface area contributed by atoms with Crippen LogP contribution in [0.1, 0.15) is 25.0 Å². The number of H-pyrrole nitrogens is 1. The maximum Gasteiger partial charge on any atom is 0.227 e. The lowest BCUT2D eigenvalue weighted by Gasteiger charge is -2.21. The Hall–Kier alpha value is -2.95. The van der Waals surface area contributed by atoms with Crippen LogP contribution in [0.25, 0.3) is 10.9 Å². The highest BCUT2D eigenvalue weighted by molar-refractivity contribution is 5.88. The van der Waals surface area contributed by atoms with E-state index >= 15 is 0 Å². The maximum atomic E-state index is 12.9. The van der Waals surface area contributed by atoms with Gasteiger partial charge in [-0.3, -0.25) is 4.79 Å². The number of likely N-dealkylation sites (N-methyl/N-ethyl adjacent to an activating group) is 1. The van der Waals surface area contributed by atoms with Gasteiger partial charge in [-0.15, -0.1) is 0 Å². The molecule has 142 valence electrons. The van der Waals surface area contributed by atoms with E-state index in [0.29, 0.717) is 31.9 Å². The van der Waals surface area contributed by atoms with Gasteiger partial charge in [-0.25, -0.2) is 0 Å². The Morgan fingerprint density at radius 3 is 2.67 bits per heavy atom. The van der Waals surface area contributed by atoms with Crippen LogP contribution in [0.15, 0.2) is 48.7 Å². The molecular formula is C22H26N2O3. The first-order valence-corrected chi connectivity index (χ1v) is 9.28. The number of nitrogens with zero attached hydrogens (tertiary/aromatic N) is 1. The fourth-order valence-electron chi connectivity index (χ4n) is 3.23. The van der Waals surface area contributed by atoms with Crippen molar-refractivity contribution in [3.63, 3.8) is 0 Å². The van der Waals surface area contributed by atoms with Crippen LogP contribution in [-0.4, -0.2) is 36.1 Å². The van der Waals surface area contributed by atoms with Crippen molar-refractivity contribution < 1.29 is 14.3 Å². The van der Waals surface area contributed by atoms with Crippen molar-refractivity contribution in [3.05, 3.63) is 59.8 Å². The number of nitrogens with one attached hydrogen (secondary N) is 1. The van der Waals surface area contributed by atoms with Gasteiger partial charge in [-0.1, -0.05) is 24.3 Å². The van der Waals surface area contributed by atoms with Crippen molar-refractivity contribution >= 4 is 16.8 Å². The quantitative estimate of drug-likeness (QED) is 0.651. The summed E-state index contributed by atoms with van der Waals surface area (Å²) in [7, 11) is 1.63. The SMILES string of the molecule is CCOc1ccc(CN(CC)C(=O)Cc2c[nH]c3ccccc23)cc1OC. The summed E-state index contributed by atoms with van der Waals surface area (Å²) in [6, 6.07) is 13.9. The Labute approximate surface area is 159 Å². The molecule has 0 bridgehead atoms. The summed E-state index contributed by atoms with van der Waals surface area (Å²) in [6.45, 7) is 5.71. The molecule has 1 N–H and O–H groups in total. The van der Waals surface area contributed by atoms with Crippen molar-refractivity contribution in [2.24, 2.45) is 0 Å². The molecule has 1 amide bonds. The predicted molar refractivity (Wildman–Crippen MR) is 107 cm³/mol. The van der Waals surface area contributed by atoms with E-state index in [-0.39, 0.29) is 5.91 Å². The first kappa shape index (κ1) is 18.8. The lowest BCUT2D eigenvalue weighted by molar-refractivity contribution is -0.130. The molecule has 0 unspecified atom stereocenters. The standard InChI is InChI=1S/C22H26N2O3/c1-4-24(15-16-10-11-20(27-5-2)21(12-16)26-3)22(25)13-17-14-23-19-9-7-6-8-18(17)19/h6-12,14,23H,4-5,13,15H2,1-3H3. The number of benzene rings is 2. The lowest BCUT2D eigenvalue weighted by atomic mass is 10.1. The average Bonchev–Trinajstić information content (AvgIpc) is 3.10. The van der Waals surface area contributed by atoms with E-state index in [4.69, 9.17) is 9.47 Å². The largest absolute Gasteiger partial charge is 0.493 e. The molecular weight excluding hydrogens is 340 g/mol. The zero-order valence-corrected chi connectivity index (χ0v) is 16.1. The van der Waals surface area contributed by atoms with Crippen LogP contribution in [0, 0.1) is 0 Å². The summed E-state index contributed by atoms with van der Waals surface area (Å²) in [4.78, 5) is 18.0. The minimum atomic E-state index is 0.107. The van der Waals surface area contributed by atoms with E-state index in [1.165, 1.54) is 0 Å². The van der Waals surface area contributed by atoms with Crippen molar-refractivity contribution in [1.29, 1.82) is 0 Å². The second-order valence-corrected chi connectivity index (χ2v) is 6.36. The number of carbonyl (C=O) groups excluding carboxylic acids is 1. The first-order chi connectivity index (χ1) is 13.2. The first-order valence-electron chi connectivity index (χ1n) is 9.28. The Morgan fingerprint density at radius 2 is 1.93 bits per heavy atom. The number of para-hydroxylation sites is 1. The molecule has 0 aliphatic rings. The molecule has 5 heteroatoms. The third kappa shape index (κ3) is 4.25. The highest BCUT2D eigenvalue weighted by Gasteiger charge is 2.16. The maximum absolute atomic E-state index is 12.9. The molecule has 0 spiro atoms. The van der Waals surface area contributed by atoms with Crippen LogP contribution in [-0.2, 0) is 17.8 Å². The zero-order valence-electron chi connectivity index (χ0n) is 16.1. The number of carbonyl (C=O) groups is 1. The molecule has 0 aliphatic heterocycles. The molecule has 5 nitrogen and oxygen atoms in total. The molecule has 0 fully saturated rings. The smallest absolute Gasteiger partial charge is 0.227 e. The summed E-state index contributed by atoms with van der Waals surface area (Å²) in [6.07, 6.45) is 2.31. The monoisotopic (exact) mass is 366 g/mol. The zero-order chi connectivity index (χ0) is 19.2. The lowest BCUT2D eigenvalue weighted by Crippen LogP contribution is -2.31. The number of methoxy groups -OCH3 is 1. The molecule has 0 radical (unpaired) electrons. The highest BCUT2D eigenvalue weighted by atomic mass is 16.5. The Balaban J connectivity index is 1.74. The summed E-state index contributed by atoms with van der Waals surface area (Å²) in [5.41, 5.74) is 3.10. The van der Waals surface area contributed by atoms with Gasteiger partial charge >= 0.3 is 0 Å². The van der Waals surface area contributed by atoms with Gasteiger partial charge in [-0.05, 0) is 43.2 Å². The number of amides is 1. The van der Waals surface area contributed by atoms with Gasteiger partial charge in [0.2, 0.25) is 5.91 Å². The van der Waals surface area contributed by atoms with Crippen molar-refractivity contribution in [2.75, 3.05) is 20.3 Å². The normalized spacial score (nSPS) is 10.8. The molecule has 0 atom stereocenters.